The molecular formula is C21H26N6S. The molecule has 0 aliphatic heterocycles. The van der Waals surface area contributed by atoms with Gasteiger partial charge in [-0.05, 0) is 69.8 Å². The lowest BCUT2D eigenvalue weighted by molar-refractivity contribution is 0.230. The van der Waals surface area contributed by atoms with E-state index in [1.165, 1.54) is 25.8 Å². The molecule has 0 radical (unpaired) electrons. The molecule has 0 spiro atoms. The lowest BCUT2D eigenvalue weighted by Gasteiger charge is -2.27. The number of thiophene rings is 1. The second-order valence-electron chi connectivity index (χ2n) is 7.79. The fraction of sp³-hybridized carbons (Fsp3) is 0.429. The maximum Gasteiger partial charge on any atom is 0.156 e. The Morgan fingerprint density at radius 3 is 2.68 bits per heavy atom. The molecule has 5 rings (SSSR count). The smallest absolute Gasteiger partial charge is 0.156 e. The number of imidazole rings is 1. The number of rotatable bonds is 3. The van der Waals surface area contributed by atoms with Gasteiger partial charge in [0.15, 0.2) is 5.65 Å². The quantitative estimate of drug-likeness (QED) is 0.516. The molecule has 4 heterocycles. The first-order chi connectivity index (χ1) is 13.5. The summed E-state index contributed by atoms with van der Waals surface area (Å²) in [6.45, 7) is 5.30. The highest BCUT2D eigenvalue weighted by molar-refractivity contribution is 7.16. The average Bonchev–Trinajstić information content (AvgIpc) is 3.23. The number of hydrogen-bond donors (Lipinski definition) is 0. The Morgan fingerprint density at radius 1 is 1.18 bits per heavy atom. The van der Waals surface area contributed by atoms with Gasteiger partial charge >= 0.3 is 0 Å². The predicted molar refractivity (Wildman–Crippen MR) is 115 cm³/mol. The van der Waals surface area contributed by atoms with Crippen molar-refractivity contribution in [3.63, 3.8) is 0 Å². The molecule has 28 heavy (non-hydrogen) atoms. The van der Waals surface area contributed by atoms with Crippen molar-refractivity contribution in [3.05, 3.63) is 41.2 Å². The van der Waals surface area contributed by atoms with E-state index in [0.29, 0.717) is 0 Å². The minimum atomic E-state index is 0.788. The van der Waals surface area contributed by atoms with Crippen molar-refractivity contribution >= 4 is 27.3 Å². The second kappa shape index (κ2) is 7.93. The third kappa shape index (κ3) is 4.05. The van der Waals surface area contributed by atoms with E-state index in [9.17, 15) is 0 Å². The molecule has 1 aliphatic carbocycles. The van der Waals surface area contributed by atoms with Crippen LogP contribution >= 0.6 is 11.3 Å². The van der Waals surface area contributed by atoms with Crippen molar-refractivity contribution in [2.45, 2.75) is 33.1 Å². The van der Waals surface area contributed by atoms with Crippen molar-refractivity contribution in [1.82, 2.24) is 29.5 Å². The molecule has 0 N–H and O–H groups in total. The first-order valence-corrected chi connectivity index (χ1v) is 10.6. The molecule has 0 aromatic carbocycles. The molecule has 0 saturated heterocycles. The molecule has 0 unspecified atom stereocenters. The number of aromatic nitrogens is 5. The van der Waals surface area contributed by atoms with Crippen LogP contribution in [0.4, 0.5) is 0 Å². The minimum Gasteiger partial charge on any atom is -0.309 e. The van der Waals surface area contributed by atoms with Crippen LogP contribution in [-0.4, -0.2) is 50.1 Å². The molecule has 6 nitrogen and oxygen atoms in total. The normalized spacial score (nSPS) is 14.3. The largest absolute Gasteiger partial charge is 0.309 e. The van der Waals surface area contributed by atoms with Gasteiger partial charge in [0.2, 0.25) is 0 Å². The standard InChI is InChI=1S/C14H11N5S.C7H15N/c1-8-5-11(18-19-7-9(2)16-13(8)19)12-6-15-10-3-4-20-14(10)17-12;1-8(2)6-7-4-3-5-7/h3-7H,1-2H3;7H,3-6H2,1-2H3. The molecule has 1 aliphatic rings. The number of hydrogen-bond acceptors (Lipinski definition) is 6. The summed E-state index contributed by atoms with van der Waals surface area (Å²) in [4.78, 5) is 16.7. The summed E-state index contributed by atoms with van der Waals surface area (Å²) in [6, 6.07) is 3.98. The molecule has 0 bridgehead atoms. The summed E-state index contributed by atoms with van der Waals surface area (Å²) in [6.07, 6.45) is 8.10. The molecular weight excluding hydrogens is 368 g/mol. The molecule has 1 saturated carbocycles. The Bertz CT molecular complexity index is 1090. The Morgan fingerprint density at radius 2 is 2.00 bits per heavy atom. The van der Waals surface area contributed by atoms with E-state index in [1.54, 1.807) is 22.0 Å². The van der Waals surface area contributed by atoms with Crippen LogP contribution in [0.3, 0.4) is 0 Å². The van der Waals surface area contributed by atoms with Crippen LogP contribution in [0.5, 0.6) is 0 Å². The van der Waals surface area contributed by atoms with Gasteiger partial charge in [-0.15, -0.1) is 11.3 Å². The van der Waals surface area contributed by atoms with Gasteiger partial charge in [-0.2, -0.15) is 5.10 Å². The monoisotopic (exact) mass is 394 g/mol. The third-order valence-corrected chi connectivity index (χ3v) is 5.81. The van der Waals surface area contributed by atoms with E-state index in [0.717, 1.165) is 44.6 Å². The summed E-state index contributed by atoms with van der Waals surface area (Å²) in [7, 11) is 4.30. The fourth-order valence-electron chi connectivity index (χ4n) is 3.43. The van der Waals surface area contributed by atoms with Crippen molar-refractivity contribution in [3.8, 4) is 11.4 Å². The van der Waals surface area contributed by atoms with Gasteiger partial charge in [-0.3, -0.25) is 4.98 Å². The molecule has 7 heteroatoms. The van der Waals surface area contributed by atoms with Gasteiger partial charge in [0.1, 0.15) is 16.2 Å². The van der Waals surface area contributed by atoms with Crippen LogP contribution < -0.4 is 0 Å². The van der Waals surface area contributed by atoms with Crippen LogP contribution in [0.15, 0.2) is 29.9 Å². The minimum absolute atomic E-state index is 0.788. The van der Waals surface area contributed by atoms with Crippen LogP contribution in [0.25, 0.3) is 27.4 Å². The topological polar surface area (TPSA) is 59.2 Å². The molecule has 0 amide bonds. The van der Waals surface area contributed by atoms with Gasteiger partial charge in [0, 0.05) is 6.54 Å². The van der Waals surface area contributed by atoms with E-state index in [2.05, 4.69) is 39.0 Å². The summed E-state index contributed by atoms with van der Waals surface area (Å²) in [5.41, 5.74) is 5.45. The first-order valence-electron chi connectivity index (χ1n) is 9.68. The summed E-state index contributed by atoms with van der Waals surface area (Å²) in [5.74, 6) is 1.03. The van der Waals surface area contributed by atoms with Crippen molar-refractivity contribution in [1.29, 1.82) is 0 Å². The van der Waals surface area contributed by atoms with Gasteiger partial charge in [0.25, 0.3) is 0 Å². The number of nitrogens with zero attached hydrogens (tertiary/aromatic N) is 6. The maximum atomic E-state index is 4.62. The maximum absolute atomic E-state index is 4.62. The van der Waals surface area contributed by atoms with E-state index in [-0.39, 0.29) is 0 Å². The predicted octanol–water partition coefficient (Wildman–Crippen LogP) is 4.37. The zero-order chi connectivity index (χ0) is 19.7. The van der Waals surface area contributed by atoms with Crippen molar-refractivity contribution in [2.24, 2.45) is 5.92 Å². The zero-order valence-electron chi connectivity index (χ0n) is 16.9. The molecule has 4 aromatic heterocycles. The van der Waals surface area contributed by atoms with E-state index < -0.39 is 0 Å². The third-order valence-electron chi connectivity index (χ3n) is 5.01. The Kier molecular flexibility index (Phi) is 5.37. The van der Waals surface area contributed by atoms with E-state index >= 15 is 0 Å². The van der Waals surface area contributed by atoms with Gasteiger partial charge < -0.3 is 4.90 Å². The fourth-order valence-corrected chi connectivity index (χ4v) is 4.15. The first kappa shape index (κ1) is 19.0. The highest BCUT2D eigenvalue weighted by Crippen LogP contribution is 2.26. The van der Waals surface area contributed by atoms with Crippen molar-refractivity contribution in [2.75, 3.05) is 20.6 Å². The molecule has 1 fully saturated rings. The van der Waals surface area contributed by atoms with E-state index in [1.807, 2.05) is 37.6 Å². The highest BCUT2D eigenvalue weighted by Gasteiger charge is 2.17. The highest BCUT2D eigenvalue weighted by atomic mass is 32.1. The van der Waals surface area contributed by atoms with Crippen LogP contribution in [0.1, 0.15) is 30.5 Å². The van der Waals surface area contributed by atoms with E-state index in [4.69, 9.17) is 0 Å². The van der Waals surface area contributed by atoms with Crippen LogP contribution in [0, 0.1) is 19.8 Å². The zero-order valence-corrected chi connectivity index (χ0v) is 17.7. The lowest BCUT2D eigenvalue weighted by atomic mass is 9.85. The SMILES string of the molecule is CN(C)CC1CCC1.Cc1cn2nc(-c3cnc4ccsc4n3)cc(C)c2n1. The van der Waals surface area contributed by atoms with Crippen molar-refractivity contribution < 1.29 is 0 Å². The van der Waals surface area contributed by atoms with Crippen LogP contribution in [-0.2, 0) is 0 Å². The molecule has 146 valence electrons. The Hall–Kier alpha value is -2.38. The van der Waals surface area contributed by atoms with Gasteiger partial charge in [-0.25, -0.2) is 14.5 Å². The average molecular weight is 395 g/mol. The molecule has 0 atom stereocenters. The summed E-state index contributed by atoms with van der Waals surface area (Å²) in [5, 5.41) is 6.57. The van der Waals surface area contributed by atoms with Gasteiger partial charge in [0.05, 0.1) is 23.6 Å². The lowest BCUT2D eigenvalue weighted by Crippen LogP contribution is -2.26. The van der Waals surface area contributed by atoms with Gasteiger partial charge in [-0.1, -0.05) is 6.42 Å². The Labute approximate surface area is 169 Å². The molecule has 4 aromatic rings. The van der Waals surface area contributed by atoms with Crippen LogP contribution in [0.2, 0.25) is 0 Å². The summed E-state index contributed by atoms with van der Waals surface area (Å²) < 4.78 is 1.81. The number of fused-ring (bicyclic) bond motifs is 2. The summed E-state index contributed by atoms with van der Waals surface area (Å²) >= 11 is 1.59. The Balaban J connectivity index is 0.000000203. The second-order valence-corrected chi connectivity index (χ2v) is 8.68. The number of aryl methyl sites for hydroxylation is 2.